The maximum absolute atomic E-state index is 12.7. The third kappa shape index (κ3) is 4.14. The normalized spacial score (nSPS) is 11.8. The number of carbonyl (C=O) groups excluding carboxylic acids is 1. The summed E-state index contributed by atoms with van der Waals surface area (Å²) in [4.78, 5) is 12.5. The molecular formula is C21H18F3N3O. The van der Waals surface area contributed by atoms with Crippen LogP contribution in [0.2, 0.25) is 0 Å². The summed E-state index contributed by atoms with van der Waals surface area (Å²) in [6.45, 7) is 3.72. The summed E-state index contributed by atoms with van der Waals surface area (Å²) in [6, 6.07) is 16.1. The number of carbonyl (C=O) groups is 1. The molecule has 1 N–H and O–H groups in total. The highest BCUT2D eigenvalue weighted by molar-refractivity contribution is 5.96. The van der Waals surface area contributed by atoms with Gasteiger partial charge in [-0.05, 0) is 49.7 Å². The van der Waals surface area contributed by atoms with E-state index in [0.29, 0.717) is 5.56 Å². The van der Waals surface area contributed by atoms with Crippen LogP contribution < -0.4 is 5.43 Å². The van der Waals surface area contributed by atoms with Gasteiger partial charge in [-0.3, -0.25) is 4.79 Å². The summed E-state index contributed by atoms with van der Waals surface area (Å²) in [5.41, 5.74) is 4.86. The van der Waals surface area contributed by atoms with E-state index in [2.05, 4.69) is 10.5 Å². The highest BCUT2D eigenvalue weighted by Crippen LogP contribution is 2.29. The molecule has 1 aromatic heterocycles. The number of aryl methyl sites for hydroxylation is 1. The number of nitrogens with one attached hydrogen (secondary N) is 1. The van der Waals surface area contributed by atoms with Crippen LogP contribution >= 0.6 is 0 Å². The molecule has 3 aromatic rings. The lowest BCUT2D eigenvalue weighted by Crippen LogP contribution is -2.18. The number of hydrogen-bond acceptors (Lipinski definition) is 2. The smallest absolute Gasteiger partial charge is 0.318 e. The predicted octanol–water partition coefficient (Wildman–Crippen LogP) is 4.88. The zero-order valence-electron chi connectivity index (χ0n) is 15.3. The molecule has 0 saturated heterocycles. The van der Waals surface area contributed by atoms with E-state index in [1.807, 2.05) is 48.7 Å². The van der Waals surface area contributed by atoms with Gasteiger partial charge in [0, 0.05) is 17.1 Å². The highest BCUT2D eigenvalue weighted by Gasteiger charge is 2.30. The van der Waals surface area contributed by atoms with Gasteiger partial charge in [0.15, 0.2) is 0 Å². The Morgan fingerprint density at radius 3 is 2.43 bits per heavy atom. The van der Waals surface area contributed by atoms with E-state index in [4.69, 9.17) is 0 Å². The number of amides is 1. The Bertz CT molecular complexity index is 1020. The molecule has 1 amide bonds. The summed E-state index contributed by atoms with van der Waals surface area (Å²) in [5, 5.41) is 3.79. The van der Waals surface area contributed by atoms with Crippen molar-refractivity contribution in [3.05, 3.63) is 88.7 Å². The Hall–Kier alpha value is -3.35. The molecule has 0 bridgehead atoms. The highest BCUT2D eigenvalue weighted by atomic mass is 19.4. The topological polar surface area (TPSA) is 46.4 Å². The molecule has 0 spiro atoms. The first-order chi connectivity index (χ1) is 13.3. The molecule has 0 aliphatic heterocycles. The first-order valence-corrected chi connectivity index (χ1v) is 8.52. The van der Waals surface area contributed by atoms with Crippen molar-refractivity contribution in [2.24, 2.45) is 5.10 Å². The van der Waals surface area contributed by atoms with Crippen LogP contribution in [0.4, 0.5) is 13.2 Å². The molecule has 28 heavy (non-hydrogen) atoms. The second kappa shape index (κ2) is 7.72. The van der Waals surface area contributed by atoms with Crippen LogP contribution in [0.1, 0.15) is 32.9 Å². The van der Waals surface area contributed by atoms with Crippen LogP contribution in [0.5, 0.6) is 0 Å². The van der Waals surface area contributed by atoms with E-state index in [1.54, 1.807) is 6.07 Å². The Morgan fingerprint density at radius 1 is 1.04 bits per heavy atom. The van der Waals surface area contributed by atoms with Crippen molar-refractivity contribution < 1.29 is 18.0 Å². The van der Waals surface area contributed by atoms with E-state index in [0.717, 1.165) is 29.2 Å². The third-order valence-corrected chi connectivity index (χ3v) is 4.28. The average Bonchev–Trinajstić information content (AvgIpc) is 2.96. The second-order valence-corrected chi connectivity index (χ2v) is 6.28. The summed E-state index contributed by atoms with van der Waals surface area (Å²) in [7, 11) is 0. The largest absolute Gasteiger partial charge is 0.416 e. The molecule has 0 aliphatic rings. The van der Waals surface area contributed by atoms with Crippen LogP contribution in [0.3, 0.4) is 0 Å². The molecule has 0 aliphatic carbocycles. The third-order valence-electron chi connectivity index (χ3n) is 4.28. The molecule has 0 atom stereocenters. The number of para-hydroxylation sites is 1. The molecule has 7 heteroatoms. The molecule has 3 rings (SSSR count). The van der Waals surface area contributed by atoms with Crippen LogP contribution in [-0.2, 0) is 6.18 Å². The Kier molecular flexibility index (Phi) is 5.35. The lowest BCUT2D eigenvalue weighted by atomic mass is 10.1. The molecule has 1 heterocycles. The Balaban J connectivity index is 1.77. The van der Waals surface area contributed by atoms with Gasteiger partial charge in [0.25, 0.3) is 5.91 Å². The minimum atomic E-state index is -4.43. The standard InChI is InChI=1S/C21H18F3N3O/c1-14-11-19(15(2)27(14)18-9-4-3-5-10-18)20(28)26-25-13-16-7-6-8-17(12-16)21(22,23)24/h3-13H,1-2H3,(H,26,28)/b25-13-. The monoisotopic (exact) mass is 385 g/mol. The van der Waals surface area contributed by atoms with Crippen molar-refractivity contribution in [3.8, 4) is 5.69 Å². The fraction of sp³-hybridized carbons (Fsp3) is 0.143. The van der Waals surface area contributed by atoms with Gasteiger partial charge in [-0.15, -0.1) is 0 Å². The first kappa shape index (κ1) is 19.4. The van der Waals surface area contributed by atoms with Crippen LogP contribution in [0, 0.1) is 13.8 Å². The minimum Gasteiger partial charge on any atom is -0.318 e. The lowest BCUT2D eigenvalue weighted by molar-refractivity contribution is -0.137. The van der Waals surface area contributed by atoms with Gasteiger partial charge in [-0.25, -0.2) is 5.43 Å². The quantitative estimate of drug-likeness (QED) is 0.505. The Labute approximate surface area is 160 Å². The number of rotatable bonds is 4. The predicted molar refractivity (Wildman–Crippen MR) is 102 cm³/mol. The molecule has 0 fully saturated rings. The first-order valence-electron chi connectivity index (χ1n) is 8.52. The van der Waals surface area contributed by atoms with E-state index in [9.17, 15) is 18.0 Å². The molecule has 0 unspecified atom stereocenters. The van der Waals surface area contributed by atoms with Gasteiger partial charge >= 0.3 is 6.18 Å². The van der Waals surface area contributed by atoms with Gasteiger partial charge in [0.05, 0.1) is 17.3 Å². The van der Waals surface area contributed by atoms with Crippen LogP contribution in [0.15, 0.2) is 65.8 Å². The SMILES string of the molecule is Cc1cc(C(=O)N/N=C\c2cccc(C(F)(F)F)c2)c(C)n1-c1ccccc1. The molecule has 0 radical (unpaired) electrons. The maximum atomic E-state index is 12.7. The van der Waals surface area contributed by atoms with Crippen molar-refractivity contribution >= 4 is 12.1 Å². The Morgan fingerprint density at radius 2 is 1.75 bits per heavy atom. The number of alkyl halides is 3. The summed E-state index contributed by atoms with van der Waals surface area (Å²) in [6.07, 6.45) is -3.24. The minimum absolute atomic E-state index is 0.241. The summed E-state index contributed by atoms with van der Waals surface area (Å²) in [5.74, 6) is -0.432. The maximum Gasteiger partial charge on any atom is 0.416 e. The van der Waals surface area contributed by atoms with Crippen molar-refractivity contribution in [2.75, 3.05) is 0 Å². The number of nitrogens with zero attached hydrogens (tertiary/aromatic N) is 2. The van der Waals surface area contributed by atoms with E-state index in [1.165, 1.54) is 18.3 Å². The second-order valence-electron chi connectivity index (χ2n) is 6.28. The zero-order valence-corrected chi connectivity index (χ0v) is 15.3. The van der Waals surface area contributed by atoms with E-state index >= 15 is 0 Å². The van der Waals surface area contributed by atoms with Crippen LogP contribution in [-0.4, -0.2) is 16.7 Å². The number of hydrazone groups is 1. The number of benzene rings is 2. The lowest BCUT2D eigenvalue weighted by Gasteiger charge is -2.09. The van der Waals surface area contributed by atoms with Crippen molar-refractivity contribution in [1.82, 2.24) is 9.99 Å². The summed E-state index contributed by atoms with van der Waals surface area (Å²) < 4.78 is 40.2. The van der Waals surface area contributed by atoms with Gasteiger partial charge in [0.1, 0.15) is 0 Å². The molecular weight excluding hydrogens is 367 g/mol. The van der Waals surface area contributed by atoms with Crippen molar-refractivity contribution in [2.45, 2.75) is 20.0 Å². The molecule has 2 aromatic carbocycles. The summed E-state index contributed by atoms with van der Waals surface area (Å²) >= 11 is 0. The van der Waals surface area contributed by atoms with Gasteiger partial charge in [-0.1, -0.05) is 30.3 Å². The van der Waals surface area contributed by atoms with Crippen molar-refractivity contribution in [1.29, 1.82) is 0 Å². The van der Waals surface area contributed by atoms with Crippen molar-refractivity contribution in [3.63, 3.8) is 0 Å². The molecule has 144 valence electrons. The van der Waals surface area contributed by atoms with Gasteiger partial charge < -0.3 is 4.57 Å². The van der Waals surface area contributed by atoms with Gasteiger partial charge in [0.2, 0.25) is 0 Å². The van der Waals surface area contributed by atoms with E-state index in [-0.39, 0.29) is 5.56 Å². The van der Waals surface area contributed by atoms with Gasteiger partial charge in [-0.2, -0.15) is 18.3 Å². The number of aromatic nitrogens is 1. The average molecular weight is 385 g/mol. The molecule has 0 saturated carbocycles. The van der Waals surface area contributed by atoms with E-state index < -0.39 is 17.6 Å². The number of halogens is 3. The zero-order chi connectivity index (χ0) is 20.3. The fourth-order valence-corrected chi connectivity index (χ4v) is 2.99. The van der Waals surface area contributed by atoms with Crippen LogP contribution in [0.25, 0.3) is 5.69 Å². The number of hydrogen-bond donors (Lipinski definition) is 1. The molecule has 4 nitrogen and oxygen atoms in total. The fourth-order valence-electron chi connectivity index (χ4n) is 2.99.